The van der Waals surface area contributed by atoms with E-state index in [4.69, 9.17) is 11.6 Å². The Kier molecular flexibility index (Phi) is 5.11. The number of imide groups is 1. The summed E-state index contributed by atoms with van der Waals surface area (Å²) in [6.45, 7) is 1.95. The van der Waals surface area contributed by atoms with Gasteiger partial charge in [-0.2, -0.15) is 14.9 Å². The second-order valence-electron chi connectivity index (χ2n) is 7.94. The Morgan fingerprint density at radius 3 is 2.82 bits per heavy atom. The van der Waals surface area contributed by atoms with E-state index in [1.807, 2.05) is 25.1 Å². The van der Waals surface area contributed by atoms with Gasteiger partial charge in [0.15, 0.2) is 17.3 Å². The molecule has 1 saturated heterocycles. The van der Waals surface area contributed by atoms with E-state index in [0.29, 0.717) is 33.4 Å². The van der Waals surface area contributed by atoms with Gasteiger partial charge in [0.2, 0.25) is 0 Å². The molecular formula is C22H19ClN8O2. The van der Waals surface area contributed by atoms with Crippen LogP contribution in [0.2, 0.25) is 5.02 Å². The summed E-state index contributed by atoms with van der Waals surface area (Å²) in [5.74, 6) is 0.369. The van der Waals surface area contributed by atoms with Crippen molar-refractivity contribution in [3.05, 3.63) is 57.9 Å². The molecule has 166 valence electrons. The summed E-state index contributed by atoms with van der Waals surface area (Å²) in [4.78, 5) is 28.1. The predicted octanol–water partition coefficient (Wildman–Crippen LogP) is 3.18. The van der Waals surface area contributed by atoms with Crippen LogP contribution >= 0.6 is 11.6 Å². The molecule has 2 aliphatic rings. The van der Waals surface area contributed by atoms with Gasteiger partial charge in [0.1, 0.15) is 17.3 Å². The third-order valence-electron chi connectivity index (χ3n) is 5.43. The van der Waals surface area contributed by atoms with E-state index in [-0.39, 0.29) is 17.8 Å². The normalized spacial score (nSPS) is 17.5. The second kappa shape index (κ2) is 8.11. The van der Waals surface area contributed by atoms with Crippen LogP contribution in [0.5, 0.6) is 0 Å². The maximum Gasteiger partial charge on any atom is 0.326 e. The smallest absolute Gasteiger partial charge is 0.326 e. The lowest BCUT2D eigenvalue weighted by molar-refractivity contribution is -0.115. The lowest BCUT2D eigenvalue weighted by atomic mass is 10.1. The topological polar surface area (TPSA) is 136 Å². The molecule has 11 heteroatoms. The van der Waals surface area contributed by atoms with Crippen LogP contribution in [0.1, 0.15) is 42.5 Å². The summed E-state index contributed by atoms with van der Waals surface area (Å²) in [7, 11) is 0. The largest absolute Gasteiger partial charge is 0.366 e. The van der Waals surface area contributed by atoms with Gasteiger partial charge in [-0.3, -0.25) is 10.1 Å². The molecule has 1 aliphatic carbocycles. The van der Waals surface area contributed by atoms with Crippen LogP contribution in [0, 0.1) is 11.3 Å². The summed E-state index contributed by atoms with van der Waals surface area (Å²) in [5.41, 5.74) is 2.31. The first-order valence-electron chi connectivity index (χ1n) is 10.4. The van der Waals surface area contributed by atoms with Crippen molar-refractivity contribution in [3.8, 4) is 6.07 Å². The van der Waals surface area contributed by atoms with Crippen molar-refractivity contribution in [1.82, 2.24) is 25.2 Å². The molecule has 2 fully saturated rings. The highest BCUT2D eigenvalue weighted by molar-refractivity contribution is 6.30. The average molecular weight is 463 g/mol. The van der Waals surface area contributed by atoms with Crippen LogP contribution in [0.15, 0.2) is 36.2 Å². The Balaban J connectivity index is 1.61. The van der Waals surface area contributed by atoms with E-state index in [9.17, 15) is 14.9 Å². The molecule has 0 bridgehead atoms. The van der Waals surface area contributed by atoms with Crippen molar-refractivity contribution in [3.63, 3.8) is 0 Å². The van der Waals surface area contributed by atoms with Crippen molar-refractivity contribution in [2.75, 3.05) is 10.6 Å². The standard InChI is InChI=1S/C22H19ClN8O2/c1-11(12-3-2-4-14(23)7-12)26-18-16(9-24)20(27-15-5-6-15)31-19(29-18)13(10-25-31)8-17-21(32)30-22(33)28-17/h2-4,7-8,10-11,15,27H,5-6H2,1H3,(H,26,29)(H2,28,30,32,33). The molecule has 33 heavy (non-hydrogen) atoms. The molecule has 1 saturated carbocycles. The van der Waals surface area contributed by atoms with Gasteiger partial charge in [-0.15, -0.1) is 0 Å². The van der Waals surface area contributed by atoms with Gasteiger partial charge in [0.25, 0.3) is 5.91 Å². The number of fused-ring (bicyclic) bond motifs is 1. The first-order valence-corrected chi connectivity index (χ1v) is 10.7. The first-order chi connectivity index (χ1) is 15.9. The third kappa shape index (κ3) is 4.06. The fourth-order valence-electron chi connectivity index (χ4n) is 3.58. The Bertz CT molecular complexity index is 1370. The number of urea groups is 1. The Morgan fingerprint density at radius 1 is 1.33 bits per heavy atom. The highest BCUT2D eigenvalue weighted by atomic mass is 35.5. The molecule has 0 radical (unpaired) electrons. The molecular weight excluding hydrogens is 444 g/mol. The number of hydrogen-bond donors (Lipinski definition) is 4. The Labute approximate surface area is 193 Å². The zero-order valence-electron chi connectivity index (χ0n) is 17.5. The van der Waals surface area contributed by atoms with Crippen molar-refractivity contribution in [1.29, 1.82) is 5.26 Å². The highest BCUT2D eigenvalue weighted by Gasteiger charge is 2.28. The van der Waals surface area contributed by atoms with Crippen LogP contribution in [0.3, 0.4) is 0 Å². The third-order valence-corrected chi connectivity index (χ3v) is 5.66. The van der Waals surface area contributed by atoms with Crippen molar-refractivity contribution < 1.29 is 9.59 Å². The SMILES string of the molecule is CC(Nc1nc2c(C=C3NC(=O)NC3=O)cnn2c(NC2CC2)c1C#N)c1cccc(Cl)c1. The number of anilines is 2. The van der Waals surface area contributed by atoms with E-state index in [1.54, 1.807) is 10.6 Å². The average Bonchev–Trinajstić information content (AvgIpc) is 3.43. The predicted molar refractivity (Wildman–Crippen MR) is 122 cm³/mol. The number of nitrogens with one attached hydrogen (secondary N) is 4. The van der Waals surface area contributed by atoms with Gasteiger partial charge in [-0.05, 0) is 43.5 Å². The zero-order valence-corrected chi connectivity index (χ0v) is 18.3. The number of benzene rings is 1. The maximum absolute atomic E-state index is 12.0. The highest BCUT2D eigenvalue weighted by Crippen LogP contribution is 2.32. The number of halogens is 1. The number of hydrogen-bond acceptors (Lipinski definition) is 7. The van der Waals surface area contributed by atoms with Gasteiger partial charge in [-0.25, -0.2) is 9.78 Å². The number of aromatic nitrogens is 3. The Hall–Kier alpha value is -4.10. The molecule has 10 nitrogen and oxygen atoms in total. The molecule has 0 spiro atoms. The van der Waals surface area contributed by atoms with E-state index in [2.05, 4.69) is 37.4 Å². The molecule has 3 heterocycles. The summed E-state index contributed by atoms with van der Waals surface area (Å²) in [5, 5.41) is 26.3. The minimum absolute atomic E-state index is 0.0968. The number of rotatable bonds is 6. The van der Waals surface area contributed by atoms with Crippen molar-refractivity contribution in [2.45, 2.75) is 31.8 Å². The lowest BCUT2D eigenvalue weighted by Gasteiger charge is -2.19. The summed E-state index contributed by atoms with van der Waals surface area (Å²) in [6.07, 6.45) is 5.05. The molecule has 1 atom stereocenters. The lowest BCUT2D eigenvalue weighted by Crippen LogP contribution is -2.22. The van der Waals surface area contributed by atoms with Crippen LogP contribution in [0.25, 0.3) is 11.7 Å². The fraction of sp³-hybridized carbons (Fsp3) is 0.227. The summed E-state index contributed by atoms with van der Waals surface area (Å²) < 4.78 is 1.55. The molecule has 4 N–H and O–H groups in total. The monoisotopic (exact) mass is 462 g/mol. The molecule has 1 aromatic carbocycles. The maximum atomic E-state index is 12.0. The van der Waals surface area contributed by atoms with E-state index in [0.717, 1.165) is 18.4 Å². The second-order valence-corrected chi connectivity index (χ2v) is 8.37. The van der Waals surface area contributed by atoms with E-state index in [1.165, 1.54) is 12.3 Å². The van der Waals surface area contributed by atoms with Gasteiger partial charge in [-0.1, -0.05) is 23.7 Å². The molecule has 1 aliphatic heterocycles. The minimum Gasteiger partial charge on any atom is -0.366 e. The minimum atomic E-state index is -0.587. The van der Waals surface area contributed by atoms with Crippen molar-refractivity contribution >= 4 is 46.9 Å². The number of amides is 3. The van der Waals surface area contributed by atoms with Gasteiger partial charge in [0.05, 0.1) is 12.2 Å². The molecule has 3 amide bonds. The summed E-state index contributed by atoms with van der Waals surface area (Å²) in [6, 6.07) is 9.17. The van der Waals surface area contributed by atoms with E-state index >= 15 is 0 Å². The van der Waals surface area contributed by atoms with Gasteiger partial charge >= 0.3 is 6.03 Å². The summed E-state index contributed by atoms with van der Waals surface area (Å²) >= 11 is 6.14. The zero-order chi connectivity index (χ0) is 23.1. The van der Waals surface area contributed by atoms with Crippen LogP contribution in [0.4, 0.5) is 16.4 Å². The van der Waals surface area contributed by atoms with E-state index < -0.39 is 11.9 Å². The molecule has 5 rings (SSSR count). The van der Waals surface area contributed by atoms with Crippen LogP contribution < -0.4 is 21.3 Å². The number of nitriles is 1. The fourth-order valence-corrected chi connectivity index (χ4v) is 3.78. The number of nitrogens with zero attached hydrogens (tertiary/aromatic N) is 4. The molecule has 1 unspecified atom stereocenters. The number of carbonyl (C=O) groups excluding carboxylic acids is 2. The van der Waals surface area contributed by atoms with Gasteiger partial charge in [0, 0.05) is 16.6 Å². The first kappa shape index (κ1) is 20.8. The Morgan fingerprint density at radius 2 is 2.15 bits per heavy atom. The van der Waals surface area contributed by atoms with Crippen molar-refractivity contribution in [2.24, 2.45) is 0 Å². The van der Waals surface area contributed by atoms with Crippen LogP contribution in [-0.2, 0) is 4.79 Å². The number of carbonyl (C=O) groups is 2. The van der Waals surface area contributed by atoms with Crippen LogP contribution in [-0.4, -0.2) is 32.6 Å². The molecule has 2 aromatic heterocycles. The molecule has 3 aromatic rings. The quantitative estimate of drug-likeness (QED) is 0.326. The van der Waals surface area contributed by atoms with Gasteiger partial charge < -0.3 is 16.0 Å².